The van der Waals surface area contributed by atoms with Gasteiger partial charge < -0.3 is 24.7 Å². The molecule has 2 saturated heterocycles. The number of aromatic nitrogens is 1. The van der Waals surface area contributed by atoms with Crippen LogP contribution < -0.4 is 15.1 Å². The molecule has 0 aliphatic carbocycles. The van der Waals surface area contributed by atoms with Gasteiger partial charge in [-0.1, -0.05) is 0 Å². The molecule has 4 rings (SSSR count). The number of phosphoric ester groups is 1. The number of amides is 2. The molecule has 2 aliphatic rings. The molecule has 0 radical (unpaired) electrons. The first-order valence-corrected chi connectivity index (χ1v) is 13.1. The average molecular weight is 529 g/mol. The van der Waals surface area contributed by atoms with E-state index in [0.29, 0.717) is 37.0 Å². The molecule has 3 N–H and O–H groups in total. The zero-order valence-electron chi connectivity index (χ0n) is 18.8. The number of phosphoric acid groups is 1. The van der Waals surface area contributed by atoms with Gasteiger partial charge in [0.05, 0.1) is 31.1 Å². The molecule has 1 aromatic heterocycles. The average Bonchev–Trinajstić information content (AvgIpc) is 3.37. The predicted molar refractivity (Wildman–Crippen MR) is 126 cm³/mol. The number of cyclic esters (lactones) is 1. The Hall–Kier alpha value is -2.61. The van der Waals surface area contributed by atoms with Crippen molar-refractivity contribution in [3.05, 3.63) is 35.1 Å². The zero-order chi connectivity index (χ0) is 25.2. The predicted octanol–water partition coefficient (Wildman–Crippen LogP) is 1.79. The van der Waals surface area contributed by atoms with E-state index in [1.54, 1.807) is 18.3 Å². The first-order chi connectivity index (χ1) is 16.6. The fraction of sp³-hybridized carbons (Fsp3) is 0.450. The molecule has 0 unspecified atom stereocenters. The van der Waals surface area contributed by atoms with Crippen molar-refractivity contribution in [1.29, 1.82) is 0 Å². The second-order valence-corrected chi connectivity index (χ2v) is 10.6. The molecule has 0 saturated carbocycles. The Balaban J connectivity index is 1.29. The minimum absolute atomic E-state index is 0.0289. The number of anilines is 3. The van der Waals surface area contributed by atoms with Gasteiger partial charge in [0.15, 0.2) is 5.13 Å². The Morgan fingerprint density at radius 2 is 2.09 bits per heavy atom. The van der Waals surface area contributed by atoms with Crippen molar-refractivity contribution in [3.8, 4) is 0 Å². The van der Waals surface area contributed by atoms with Crippen molar-refractivity contribution in [2.75, 3.05) is 61.0 Å². The lowest BCUT2D eigenvalue weighted by molar-refractivity contribution is -0.117. The van der Waals surface area contributed by atoms with Gasteiger partial charge in [-0.3, -0.25) is 19.1 Å². The van der Waals surface area contributed by atoms with Crippen molar-refractivity contribution in [3.63, 3.8) is 0 Å². The van der Waals surface area contributed by atoms with Gasteiger partial charge in [0.1, 0.15) is 11.9 Å². The Kier molecular flexibility index (Phi) is 7.69. The fourth-order valence-electron chi connectivity index (χ4n) is 3.84. The highest BCUT2D eigenvalue weighted by atomic mass is 32.1. The molecular weight excluding hydrogens is 504 g/mol. The number of aryl methyl sites for hydroxylation is 1. The number of ether oxygens (including phenoxy) is 1. The largest absolute Gasteiger partial charge is 0.469 e. The quantitative estimate of drug-likeness (QED) is 0.433. The lowest BCUT2D eigenvalue weighted by Crippen LogP contribution is -2.49. The summed E-state index contributed by atoms with van der Waals surface area (Å²) in [5, 5.41) is 3.35. The van der Waals surface area contributed by atoms with Crippen LogP contribution in [0.3, 0.4) is 0 Å². The number of carbonyl (C=O) groups is 2. The third-order valence-electron chi connectivity index (χ3n) is 5.49. The highest BCUT2D eigenvalue weighted by Crippen LogP contribution is 2.37. The topological polar surface area (TPSA) is 145 Å². The lowest BCUT2D eigenvalue weighted by atomic mass is 10.2. The van der Waals surface area contributed by atoms with Gasteiger partial charge in [-0.05, 0) is 25.1 Å². The van der Waals surface area contributed by atoms with Crippen molar-refractivity contribution >= 4 is 47.7 Å². The maximum Gasteiger partial charge on any atom is 0.469 e. The van der Waals surface area contributed by atoms with Crippen LogP contribution in [0.15, 0.2) is 24.4 Å². The highest BCUT2D eigenvalue weighted by Gasteiger charge is 2.34. The van der Waals surface area contributed by atoms with Gasteiger partial charge in [0, 0.05) is 37.3 Å². The summed E-state index contributed by atoms with van der Waals surface area (Å²) < 4.78 is 35.2. The molecule has 2 aliphatic heterocycles. The number of piperazine rings is 1. The van der Waals surface area contributed by atoms with Crippen LogP contribution in [-0.4, -0.2) is 83.7 Å². The highest BCUT2D eigenvalue weighted by molar-refractivity contribution is 7.46. The second kappa shape index (κ2) is 10.6. The molecule has 190 valence electrons. The third-order valence-corrected chi connectivity index (χ3v) is 6.81. The molecular formula is C20H25FN5O7PS. The van der Waals surface area contributed by atoms with Gasteiger partial charge in [-0.15, -0.1) is 11.3 Å². The minimum atomic E-state index is -4.69. The summed E-state index contributed by atoms with van der Waals surface area (Å²) in [6.07, 6.45) is 0.0594. The standard InChI is InChI=1S/C20H25FN5O7PS/c1-13-9-22-19(35-13)23-18(27)11-24-4-6-25(7-5-24)17-3-2-14(8-16(17)21)26-10-15(33-20(26)28)12-32-34(29,30)31/h2-3,8-9,15H,4-7,10-12H2,1H3,(H,22,23,27)(H2,29,30,31)/t15-/m1/s1. The van der Waals surface area contributed by atoms with Gasteiger partial charge in [0.2, 0.25) is 5.91 Å². The molecule has 2 fully saturated rings. The van der Waals surface area contributed by atoms with Gasteiger partial charge in [-0.25, -0.2) is 18.7 Å². The maximum atomic E-state index is 14.9. The smallest absolute Gasteiger partial charge is 0.441 e. The molecule has 0 bridgehead atoms. The fourth-order valence-corrected chi connectivity index (χ4v) is 4.88. The maximum absolute atomic E-state index is 14.9. The molecule has 15 heteroatoms. The second-order valence-electron chi connectivity index (χ2n) is 8.13. The molecule has 0 spiro atoms. The number of hydrogen-bond acceptors (Lipinski definition) is 9. The zero-order valence-corrected chi connectivity index (χ0v) is 20.5. The van der Waals surface area contributed by atoms with Crippen LogP contribution in [0.25, 0.3) is 0 Å². The Morgan fingerprint density at radius 1 is 1.34 bits per heavy atom. The number of halogens is 1. The van der Waals surface area contributed by atoms with E-state index >= 15 is 0 Å². The first kappa shape index (κ1) is 25.5. The van der Waals surface area contributed by atoms with E-state index in [2.05, 4.69) is 14.8 Å². The van der Waals surface area contributed by atoms with Crippen molar-refractivity contribution in [2.24, 2.45) is 0 Å². The summed E-state index contributed by atoms with van der Waals surface area (Å²) in [4.78, 5) is 52.1. The molecule has 1 aromatic carbocycles. The SMILES string of the molecule is Cc1cnc(NC(=O)CN2CCN(c3ccc(N4C[C@H](COP(=O)(O)O)OC4=O)cc3F)CC2)s1. The van der Waals surface area contributed by atoms with E-state index in [1.807, 2.05) is 16.7 Å². The normalized spacial score (nSPS) is 19.2. The monoisotopic (exact) mass is 529 g/mol. The summed E-state index contributed by atoms with van der Waals surface area (Å²) in [5.41, 5.74) is 0.646. The summed E-state index contributed by atoms with van der Waals surface area (Å²) in [6.45, 7) is 3.82. The van der Waals surface area contributed by atoms with Crippen LogP contribution in [0.5, 0.6) is 0 Å². The number of carbonyl (C=O) groups excluding carboxylic acids is 2. The van der Waals surface area contributed by atoms with E-state index < -0.39 is 32.4 Å². The first-order valence-electron chi connectivity index (χ1n) is 10.7. The Morgan fingerprint density at radius 3 is 2.71 bits per heavy atom. The van der Waals surface area contributed by atoms with Crippen LogP contribution in [0.2, 0.25) is 0 Å². The number of hydrogen-bond donors (Lipinski definition) is 3. The third kappa shape index (κ3) is 6.75. The van der Waals surface area contributed by atoms with E-state index in [-0.39, 0.29) is 24.7 Å². The number of rotatable bonds is 8. The number of thiazole rings is 1. The molecule has 35 heavy (non-hydrogen) atoms. The molecule has 3 heterocycles. The summed E-state index contributed by atoms with van der Waals surface area (Å²) in [6, 6.07) is 4.38. The van der Waals surface area contributed by atoms with Gasteiger partial charge in [-0.2, -0.15) is 0 Å². The summed E-state index contributed by atoms with van der Waals surface area (Å²) in [7, 11) is -4.69. The lowest BCUT2D eigenvalue weighted by Gasteiger charge is -2.36. The Bertz CT molecular complexity index is 1140. The van der Waals surface area contributed by atoms with Crippen molar-refractivity contribution < 1.29 is 37.6 Å². The summed E-state index contributed by atoms with van der Waals surface area (Å²) >= 11 is 1.41. The van der Waals surface area contributed by atoms with Crippen molar-refractivity contribution in [1.82, 2.24) is 9.88 Å². The van der Waals surface area contributed by atoms with Crippen molar-refractivity contribution in [2.45, 2.75) is 13.0 Å². The molecule has 12 nitrogen and oxygen atoms in total. The van der Waals surface area contributed by atoms with Crippen LogP contribution in [-0.2, 0) is 18.6 Å². The van der Waals surface area contributed by atoms with Gasteiger partial charge in [0.25, 0.3) is 0 Å². The number of nitrogens with one attached hydrogen (secondary N) is 1. The van der Waals surface area contributed by atoms with Crippen LogP contribution >= 0.6 is 19.2 Å². The van der Waals surface area contributed by atoms with E-state index in [9.17, 15) is 18.5 Å². The Labute approximate surface area is 204 Å². The van der Waals surface area contributed by atoms with E-state index in [1.165, 1.54) is 22.3 Å². The van der Waals surface area contributed by atoms with Crippen LogP contribution in [0.4, 0.5) is 25.7 Å². The van der Waals surface area contributed by atoms with Gasteiger partial charge >= 0.3 is 13.9 Å². The number of nitrogens with zero attached hydrogens (tertiary/aromatic N) is 4. The van der Waals surface area contributed by atoms with Crippen LogP contribution in [0, 0.1) is 12.7 Å². The molecule has 1 atom stereocenters. The molecule has 2 aromatic rings. The minimum Gasteiger partial charge on any atom is -0.441 e. The van der Waals surface area contributed by atoms with E-state index in [4.69, 9.17) is 14.5 Å². The number of benzene rings is 1. The van der Waals surface area contributed by atoms with Crippen LogP contribution in [0.1, 0.15) is 4.88 Å². The molecule has 2 amide bonds. The summed E-state index contributed by atoms with van der Waals surface area (Å²) in [5.74, 6) is -0.666. The van der Waals surface area contributed by atoms with E-state index in [0.717, 1.165) is 4.88 Å².